The second-order valence-corrected chi connectivity index (χ2v) is 5.63. The molecule has 0 saturated carbocycles. The van der Waals surface area contributed by atoms with Crippen molar-refractivity contribution in [2.24, 2.45) is 0 Å². The predicted molar refractivity (Wildman–Crippen MR) is 85.7 cm³/mol. The van der Waals surface area contributed by atoms with Crippen LogP contribution >= 0.6 is 23.2 Å². The van der Waals surface area contributed by atoms with Crippen molar-refractivity contribution >= 4 is 23.2 Å². The molecule has 0 amide bonds. The minimum Gasteiger partial charge on any atom is -0.306 e. The molecule has 0 aliphatic carbocycles. The number of rotatable bonds is 4. The van der Waals surface area contributed by atoms with Crippen LogP contribution in [0.1, 0.15) is 35.5 Å². The summed E-state index contributed by atoms with van der Waals surface area (Å²) in [5.74, 6) is 0. The van der Waals surface area contributed by atoms with Crippen molar-refractivity contribution in [1.29, 1.82) is 0 Å². The van der Waals surface area contributed by atoms with Crippen molar-refractivity contribution in [3.8, 4) is 0 Å². The highest BCUT2D eigenvalue weighted by atomic mass is 35.5. The Morgan fingerprint density at radius 3 is 2.50 bits per heavy atom. The molecule has 2 aromatic rings. The summed E-state index contributed by atoms with van der Waals surface area (Å²) < 4.78 is 0. The molecule has 20 heavy (non-hydrogen) atoms. The van der Waals surface area contributed by atoms with Crippen LogP contribution in [0.5, 0.6) is 0 Å². The Hall–Kier alpha value is -1.09. The second kappa shape index (κ2) is 6.57. The zero-order valence-electron chi connectivity index (χ0n) is 11.9. The fraction of sp³-hybridized carbons (Fsp3) is 0.312. The summed E-state index contributed by atoms with van der Waals surface area (Å²) in [4.78, 5) is 4.54. The van der Waals surface area contributed by atoms with Gasteiger partial charge in [-0.1, -0.05) is 36.2 Å². The molecule has 106 valence electrons. The zero-order valence-corrected chi connectivity index (χ0v) is 13.4. The Bertz CT molecular complexity index is 611. The highest BCUT2D eigenvalue weighted by Gasteiger charge is 2.19. The van der Waals surface area contributed by atoms with E-state index in [9.17, 15) is 0 Å². The largest absolute Gasteiger partial charge is 0.306 e. The number of halogens is 2. The van der Waals surface area contributed by atoms with E-state index in [1.54, 1.807) is 6.07 Å². The highest BCUT2D eigenvalue weighted by molar-refractivity contribution is 6.33. The molecule has 1 heterocycles. The van der Waals surface area contributed by atoms with Crippen LogP contribution in [0, 0.1) is 13.8 Å². The van der Waals surface area contributed by atoms with E-state index in [1.165, 1.54) is 0 Å². The van der Waals surface area contributed by atoms with Crippen LogP contribution in [-0.4, -0.2) is 11.5 Å². The lowest BCUT2D eigenvalue weighted by molar-refractivity contribution is 0.624. The molecule has 0 aliphatic rings. The van der Waals surface area contributed by atoms with Crippen molar-refractivity contribution in [2.75, 3.05) is 6.54 Å². The molecular weight excluding hydrogens is 291 g/mol. The third-order valence-corrected chi connectivity index (χ3v) is 3.83. The molecule has 2 nitrogen and oxygen atoms in total. The Morgan fingerprint density at radius 2 is 1.85 bits per heavy atom. The molecule has 1 aromatic carbocycles. The summed E-state index contributed by atoms with van der Waals surface area (Å²) in [5, 5.41) is 4.85. The zero-order chi connectivity index (χ0) is 14.7. The van der Waals surface area contributed by atoms with Crippen LogP contribution in [0.2, 0.25) is 10.0 Å². The van der Waals surface area contributed by atoms with Crippen molar-refractivity contribution < 1.29 is 0 Å². The molecule has 0 saturated heterocycles. The SMILES string of the molecule is CCNC(c1cc(Cl)ccc1Cl)c1ccc(C)nc1C. The van der Waals surface area contributed by atoms with Gasteiger partial charge in [-0.15, -0.1) is 0 Å². The van der Waals surface area contributed by atoms with Crippen LogP contribution < -0.4 is 5.32 Å². The molecular formula is C16H18Cl2N2. The summed E-state index contributed by atoms with van der Waals surface area (Å²) in [6.45, 7) is 6.92. The highest BCUT2D eigenvalue weighted by Crippen LogP contribution is 2.31. The number of hydrogen-bond donors (Lipinski definition) is 1. The van der Waals surface area contributed by atoms with Gasteiger partial charge in [0.1, 0.15) is 0 Å². The van der Waals surface area contributed by atoms with Crippen LogP contribution in [0.25, 0.3) is 0 Å². The maximum absolute atomic E-state index is 6.34. The van der Waals surface area contributed by atoms with E-state index in [2.05, 4.69) is 23.3 Å². The lowest BCUT2D eigenvalue weighted by Gasteiger charge is -2.22. The molecule has 0 aliphatic heterocycles. The van der Waals surface area contributed by atoms with Crippen molar-refractivity contribution in [3.05, 3.63) is 62.9 Å². The Kier molecular flexibility index (Phi) is 5.03. The third-order valence-electron chi connectivity index (χ3n) is 3.25. The first-order valence-electron chi connectivity index (χ1n) is 6.65. The Morgan fingerprint density at radius 1 is 1.10 bits per heavy atom. The summed E-state index contributed by atoms with van der Waals surface area (Å²) >= 11 is 12.5. The van der Waals surface area contributed by atoms with Gasteiger partial charge in [0.25, 0.3) is 0 Å². The molecule has 4 heteroatoms. The first-order valence-corrected chi connectivity index (χ1v) is 7.41. The van der Waals surface area contributed by atoms with Crippen molar-refractivity contribution in [1.82, 2.24) is 10.3 Å². The molecule has 0 bridgehead atoms. The van der Waals surface area contributed by atoms with Crippen molar-refractivity contribution in [2.45, 2.75) is 26.8 Å². The number of nitrogens with zero attached hydrogens (tertiary/aromatic N) is 1. The smallest absolute Gasteiger partial charge is 0.0609 e. The minimum atomic E-state index is -0.000648. The molecule has 1 atom stereocenters. The van der Waals surface area contributed by atoms with E-state index in [-0.39, 0.29) is 6.04 Å². The monoisotopic (exact) mass is 308 g/mol. The fourth-order valence-electron chi connectivity index (χ4n) is 2.33. The number of pyridine rings is 1. The molecule has 0 radical (unpaired) electrons. The van der Waals surface area contributed by atoms with Crippen molar-refractivity contribution in [3.63, 3.8) is 0 Å². The standard InChI is InChI=1S/C16H18Cl2N2/c1-4-19-16(13-7-5-10(2)20-11(13)3)14-9-12(17)6-8-15(14)18/h5-9,16,19H,4H2,1-3H3. The predicted octanol–water partition coefficient (Wildman–Crippen LogP) is 4.70. The van der Waals surface area contributed by atoms with Crippen LogP contribution in [0.3, 0.4) is 0 Å². The van der Waals surface area contributed by atoms with Gasteiger partial charge in [-0.3, -0.25) is 4.98 Å². The Labute approximate surface area is 130 Å². The van der Waals surface area contributed by atoms with E-state index in [0.29, 0.717) is 10.0 Å². The third kappa shape index (κ3) is 3.32. The maximum atomic E-state index is 6.34. The van der Waals surface area contributed by atoms with E-state index in [1.807, 2.05) is 32.0 Å². The van der Waals surface area contributed by atoms with Gasteiger partial charge in [-0.25, -0.2) is 0 Å². The first-order chi connectivity index (χ1) is 9.52. The lowest BCUT2D eigenvalue weighted by Crippen LogP contribution is -2.23. The number of benzene rings is 1. The number of aryl methyl sites for hydroxylation is 2. The average molecular weight is 309 g/mol. The number of nitrogens with one attached hydrogen (secondary N) is 1. The summed E-state index contributed by atoms with van der Waals surface area (Å²) in [6, 6.07) is 9.67. The summed E-state index contributed by atoms with van der Waals surface area (Å²) in [5.41, 5.74) is 4.13. The molecule has 1 N–H and O–H groups in total. The number of aromatic nitrogens is 1. The summed E-state index contributed by atoms with van der Waals surface area (Å²) in [6.07, 6.45) is 0. The first kappa shape index (κ1) is 15.3. The topological polar surface area (TPSA) is 24.9 Å². The normalized spacial score (nSPS) is 12.4. The van der Waals surface area contributed by atoms with E-state index in [0.717, 1.165) is 29.1 Å². The van der Waals surface area contributed by atoms with E-state index in [4.69, 9.17) is 23.2 Å². The van der Waals surface area contributed by atoms with Crippen LogP contribution in [0.15, 0.2) is 30.3 Å². The average Bonchev–Trinajstić information content (AvgIpc) is 2.40. The Balaban J connectivity index is 2.53. The van der Waals surface area contributed by atoms with E-state index >= 15 is 0 Å². The fourth-order valence-corrected chi connectivity index (χ4v) is 2.74. The van der Waals surface area contributed by atoms with Gasteiger partial charge in [-0.2, -0.15) is 0 Å². The van der Waals surface area contributed by atoms with Gasteiger partial charge in [0.15, 0.2) is 0 Å². The van der Waals surface area contributed by atoms with Crippen LogP contribution in [0.4, 0.5) is 0 Å². The minimum absolute atomic E-state index is 0.000648. The second-order valence-electron chi connectivity index (χ2n) is 4.78. The van der Waals surface area contributed by atoms with Gasteiger partial charge in [0.05, 0.1) is 6.04 Å². The maximum Gasteiger partial charge on any atom is 0.0609 e. The van der Waals surface area contributed by atoms with Gasteiger partial charge in [0.2, 0.25) is 0 Å². The van der Waals surface area contributed by atoms with Crippen LogP contribution in [-0.2, 0) is 0 Å². The van der Waals surface area contributed by atoms with Gasteiger partial charge >= 0.3 is 0 Å². The van der Waals surface area contributed by atoms with Gasteiger partial charge in [-0.05, 0) is 55.8 Å². The van der Waals surface area contributed by atoms with E-state index < -0.39 is 0 Å². The van der Waals surface area contributed by atoms with Gasteiger partial charge in [0, 0.05) is 21.4 Å². The van der Waals surface area contributed by atoms with Gasteiger partial charge < -0.3 is 5.32 Å². The quantitative estimate of drug-likeness (QED) is 0.885. The molecule has 0 spiro atoms. The lowest BCUT2D eigenvalue weighted by atomic mass is 9.97. The number of hydrogen-bond acceptors (Lipinski definition) is 2. The molecule has 1 aromatic heterocycles. The molecule has 1 unspecified atom stereocenters. The molecule has 2 rings (SSSR count). The summed E-state index contributed by atoms with van der Waals surface area (Å²) in [7, 11) is 0. The molecule has 0 fully saturated rings.